The normalized spacial score (nSPS) is 24.0. The van der Waals surface area contributed by atoms with Crippen molar-refractivity contribution < 1.29 is 28.6 Å². The summed E-state index contributed by atoms with van der Waals surface area (Å²) in [4.78, 5) is 23.4. The van der Waals surface area contributed by atoms with Crippen LogP contribution in [0.4, 0.5) is 4.39 Å². The third-order valence-electron chi connectivity index (χ3n) is 3.84. The van der Waals surface area contributed by atoms with Crippen LogP contribution in [0.5, 0.6) is 0 Å². The predicted octanol–water partition coefficient (Wildman–Crippen LogP) is 1.03. The Morgan fingerprint density at radius 2 is 2.04 bits per heavy atom. The van der Waals surface area contributed by atoms with E-state index in [2.05, 4.69) is 10.1 Å². The maximum Gasteiger partial charge on any atom is 0.308 e. The van der Waals surface area contributed by atoms with E-state index in [0.717, 1.165) is 0 Å². The van der Waals surface area contributed by atoms with Gasteiger partial charge in [0.05, 0.1) is 32.3 Å². The summed E-state index contributed by atoms with van der Waals surface area (Å²) >= 11 is 0. The summed E-state index contributed by atoms with van der Waals surface area (Å²) in [6.45, 7) is -0.272. The number of halogens is 1. The van der Waals surface area contributed by atoms with Crippen LogP contribution in [0.3, 0.4) is 0 Å². The Bertz CT molecular complexity index is 548. The number of hydrogen-bond acceptors (Lipinski definition) is 5. The lowest BCUT2D eigenvalue weighted by Crippen LogP contribution is -2.51. The van der Waals surface area contributed by atoms with E-state index in [9.17, 15) is 19.1 Å². The number of aliphatic hydroxyl groups is 1. The third kappa shape index (κ3) is 4.74. The zero-order chi connectivity index (χ0) is 16.8. The highest BCUT2D eigenvalue weighted by Gasteiger charge is 2.33. The molecular formula is C16H20FNO5. The van der Waals surface area contributed by atoms with Crippen molar-refractivity contribution >= 4 is 11.9 Å². The van der Waals surface area contributed by atoms with Gasteiger partial charge in [-0.3, -0.25) is 9.59 Å². The molecule has 2 N–H and O–H groups in total. The van der Waals surface area contributed by atoms with Gasteiger partial charge in [-0.15, -0.1) is 0 Å². The number of nitrogens with one attached hydrogen (secondary N) is 1. The van der Waals surface area contributed by atoms with E-state index in [1.807, 2.05) is 0 Å². The average Bonchev–Trinajstić information content (AvgIpc) is 2.56. The minimum Gasteiger partial charge on any atom is -0.469 e. The van der Waals surface area contributed by atoms with Crippen molar-refractivity contribution in [2.45, 2.75) is 37.5 Å². The number of carbonyl (C=O) groups excluding carboxylic acids is 2. The van der Waals surface area contributed by atoms with E-state index in [-0.39, 0.29) is 37.0 Å². The van der Waals surface area contributed by atoms with Crippen molar-refractivity contribution in [2.24, 2.45) is 0 Å². The molecule has 0 bridgehead atoms. The van der Waals surface area contributed by atoms with E-state index in [1.165, 1.54) is 31.4 Å². The van der Waals surface area contributed by atoms with E-state index < -0.39 is 11.9 Å². The number of benzene rings is 1. The molecule has 1 aromatic carbocycles. The van der Waals surface area contributed by atoms with Gasteiger partial charge in [0, 0.05) is 5.56 Å². The molecule has 0 aliphatic carbocycles. The molecule has 0 unspecified atom stereocenters. The predicted molar refractivity (Wildman–Crippen MR) is 79.3 cm³/mol. The summed E-state index contributed by atoms with van der Waals surface area (Å²) in [6.07, 6.45) is 0.326. The molecule has 1 heterocycles. The maximum absolute atomic E-state index is 12.9. The molecule has 1 aliphatic heterocycles. The largest absolute Gasteiger partial charge is 0.469 e. The van der Waals surface area contributed by atoms with Crippen LogP contribution in [-0.4, -0.2) is 48.9 Å². The van der Waals surface area contributed by atoms with Gasteiger partial charge in [0.1, 0.15) is 11.9 Å². The molecule has 0 radical (unpaired) electrons. The standard InChI is InChI=1S/C16H20FNO5/c1-22-15(20)8-12-6-7-13(14(9-19)23-12)18-16(21)10-2-4-11(17)5-3-10/h2-5,12-14,19H,6-9H2,1H3,(H,18,21)/t12-,13+,14-/m1/s1. The van der Waals surface area contributed by atoms with Crippen molar-refractivity contribution in [3.05, 3.63) is 35.6 Å². The summed E-state index contributed by atoms with van der Waals surface area (Å²) in [5.74, 6) is -1.15. The van der Waals surface area contributed by atoms with Gasteiger partial charge >= 0.3 is 5.97 Å². The van der Waals surface area contributed by atoms with Gasteiger partial charge in [0.15, 0.2) is 0 Å². The smallest absolute Gasteiger partial charge is 0.308 e. The van der Waals surface area contributed by atoms with Crippen LogP contribution in [0, 0.1) is 5.82 Å². The highest BCUT2D eigenvalue weighted by molar-refractivity contribution is 5.94. The lowest BCUT2D eigenvalue weighted by atomic mass is 9.96. The van der Waals surface area contributed by atoms with Crippen LogP contribution in [-0.2, 0) is 14.3 Å². The molecule has 0 saturated carbocycles. The lowest BCUT2D eigenvalue weighted by Gasteiger charge is -2.35. The highest BCUT2D eigenvalue weighted by Crippen LogP contribution is 2.22. The molecule has 1 fully saturated rings. The van der Waals surface area contributed by atoms with Crippen LogP contribution in [0.2, 0.25) is 0 Å². The second-order valence-electron chi connectivity index (χ2n) is 5.42. The van der Waals surface area contributed by atoms with E-state index in [0.29, 0.717) is 18.4 Å². The van der Waals surface area contributed by atoms with Crippen LogP contribution in [0.15, 0.2) is 24.3 Å². The average molecular weight is 325 g/mol. The van der Waals surface area contributed by atoms with Crippen molar-refractivity contribution in [2.75, 3.05) is 13.7 Å². The first-order valence-corrected chi connectivity index (χ1v) is 7.43. The molecule has 23 heavy (non-hydrogen) atoms. The molecule has 7 heteroatoms. The first kappa shape index (κ1) is 17.4. The number of ether oxygens (including phenoxy) is 2. The highest BCUT2D eigenvalue weighted by atomic mass is 19.1. The molecule has 1 aromatic rings. The zero-order valence-electron chi connectivity index (χ0n) is 12.8. The molecule has 3 atom stereocenters. The fraction of sp³-hybridized carbons (Fsp3) is 0.500. The molecule has 1 amide bonds. The molecular weight excluding hydrogens is 305 g/mol. The van der Waals surface area contributed by atoms with Gasteiger partial charge in [-0.25, -0.2) is 4.39 Å². The molecule has 2 rings (SSSR count). The van der Waals surface area contributed by atoms with Gasteiger partial charge in [0.25, 0.3) is 5.91 Å². The number of rotatable bonds is 5. The fourth-order valence-corrected chi connectivity index (χ4v) is 2.57. The second kappa shape index (κ2) is 8.03. The summed E-state index contributed by atoms with van der Waals surface area (Å²) < 4.78 is 23.1. The second-order valence-corrected chi connectivity index (χ2v) is 5.42. The van der Waals surface area contributed by atoms with E-state index >= 15 is 0 Å². The SMILES string of the molecule is COC(=O)C[C@H]1CC[C@H](NC(=O)c2ccc(F)cc2)[C@@H](CO)O1. The summed E-state index contributed by atoms with van der Waals surface area (Å²) in [5.41, 5.74) is 0.333. The van der Waals surface area contributed by atoms with Crippen LogP contribution in [0.1, 0.15) is 29.6 Å². The number of esters is 1. The quantitative estimate of drug-likeness (QED) is 0.790. The minimum atomic E-state index is -0.595. The van der Waals surface area contributed by atoms with Gasteiger partial charge in [-0.2, -0.15) is 0 Å². The lowest BCUT2D eigenvalue weighted by molar-refractivity contribution is -0.149. The Kier molecular flexibility index (Phi) is 6.06. The number of methoxy groups -OCH3 is 1. The van der Waals surface area contributed by atoms with Gasteiger partial charge in [0.2, 0.25) is 0 Å². The van der Waals surface area contributed by atoms with Crippen molar-refractivity contribution in [1.29, 1.82) is 0 Å². The van der Waals surface area contributed by atoms with E-state index in [1.54, 1.807) is 0 Å². The minimum absolute atomic E-state index is 0.117. The molecule has 6 nitrogen and oxygen atoms in total. The molecule has 0 spiro atoms. The topological polar surface area (TPSA) is 84.9 Å². The van der Waals surface area contributed by atoms with Gasteiger partial charge in [-0.05, 0) is 37.1 Å². The van der Waals surface area contributed by atoms with Crippen LogP contribution < -0.4 is 5.32 Å². The number of amides is 1. The Balaban J connectivity index is 1.93. The van der Waals surface area contributed by atoms with Crippen LogP contribution >= 0.6 is 0 Å². The molecule has 126 valence electrons. The van der Waals surface area contributed by atoms with Gasteiger partial charge in [-0.1, -0.05) is 0 Å². The maximum atomic E-state index is 12.9. The Hall–Kier alpha value is -1.99. The zero-order valence-corrected chi connectivity index (χ0v) is 12.8. The monoisotopic (exact) mass is 325 g/mol. The first-order chi connectivity index (χ1) is 11.0. The summed E-state index contributed by atoms with van der Waals surface area (Å²) in [7, 11) is 1.31. The number of aliphatic hydroxyl groups excluding tert-OH is 1. The third-order valence-corrected chi connectivity index (χ3v) is 3.84. The molecule has 1 saturated heterocycles. The summed E-state index contributed by atoms with van der Waals surface area (Å²) in [6, 6.07) is 4.83. The molecule has 1 aliphatic rings. The van der Waals surface area contributed by atoms with Crippen LogP contribution in [0.25, 0.3) is 0 Å². The number of carbonyl (C=O) groups is 2. The number of hydrogen-bond donors (Lipinski definition) is 2. The first-order valence-electron chi connectivity index (χ1n) is 7.43. The van der Waals surface area contributed by atoms with E-state index in [4.69, 9.17) is 4.74 Å². The van der Waals surface area contributed by atoms with Crippen molar-refractivity contribution in [3.8, 4) is 0 Å². The van der Waals surface area contributed by atoms with Crippen molar-refractivity contribution in [3.63, 3.8) is 0 Å². The Labute approximate surface area is 133 Å². The van der Waals surface area contributed by atoms with Crippen molar-refractivity contribution in [1.82, 2.24) is 5.32 Å². The summed E-state index contributed by atoms with van der Waals surface area (Å²) in [5, 5.41) is 12.2. The van der Waals surface area contributed by atoms with Gasteiger partial charge < -0.3 is 19.9 Å². The molecule has 0 aromatic heterocycles. The fourth-order valence-electron chi connectivity index (χ4n) is 2.57. The Morgan fingerprint density at radius 1 is 1.35 bits per heavy atom. The Morgan fingerprint density at radius 3 is 2.65 bits per heavy atom.